The first-order valence-electron chi connectivity index (χ1n) is 7.74. The second-order valence-corrected chi connectivity index (χ2v) is 5.14. The molecule has 0 aliphatic carbocycles. The lowest BCUT2D eigenvalue weighted by Gasteiger charge is -2.09. The highest BCUT2D eigenvalue weighted by Gasteiger charge is 2.10. The molecule has 0 aliphatic heterocycles. The number of aromatic nitrogens is 3. The summed E-state index contributed by atoms with van der Waals surface area (Å²) < 4.78 is 7.17. The SMILES string of the molecule is CC.O=C(O)c1ccnc(-n2nccc2OCc2cccc(Cl)c2)c1. The molecule has 3 rings (SSSR count). The highest BCUT2D eigenvalue weighted by atomic mass is 35.5. The fourth-order valence-electron chi connectivity index (χ4n) is 2.02. The maximum Gasteiger partial charge on any atom is 0.335 e. The number of carbonyl (C=O) groups is 1. The van der Waals surface area contributed by atoms with E-state index in [0.717, 1.165) is 5.56 Å². The smallest absolute Gasteiger partial charge is 0.335 e. The molecular formula is C18H18ClN3O3. The largest absolute Gasteiger partial charge is 0.478 e. The van der Waals surface area contributed by atoms with Crippen molar-refractivity contribution in [1.29, 1.82) is 0 Å². The lowest BCUT2D eigenvalue weighted by Crippen LogP contribution is -2.06. The fraction of sp³-hybridized carbons (Fsp3) is 0.167. The molecule has 0 radical (unpaired) electrons. The molecular weight excluding hydrogens is 342 g/mol. The zero-order valence-corrected chi connectivity index (χ0v) is 14.6. The minimum atomic E-state index is -1.03. The summed E-state index contributed by atoms with van der Waals surface area (Å²) in [6, 6.07) is 11.9. The predicted molar refractivity (Wildman–Crippen MR) is 95.5 cm³/mol. The van der Waals surface area contributed by atoms with Crippen molar-refractivity contribution in [3.8, 4) is 11.7 Å². The molecule has 2 heterocycles. The van der Waals surface area contributed by atoms with Crippen molar-refractivity contribution in [2.75, 3.05) is 0 Å². The van der Waals surface area contributed by atoms with Gasteiger partial charge in [-0.2, -0.15) is 9.78 Å². The number of aromatic carboxylic acids is 1. The average Bonchev–Trinajstić information content (AvgIpc) is 3.10. The van der Waals surface area contributed by atoms with Crippen LogP contribution < -0.4 is 4.74 Å². The van der Waals surface area contributed by atoms with Crippen LogP contribution in [0.25, 0.3) is 5.82 Å². The Morgan fingerprint density at radius 2 is 2.00 bits per heavy atom. The molecule has 0 saturated carbocycles. The lowest BCUT2D eigenvalue weighted by molar-refractivity contribution is 0.0696. The average molecular weight is 360 g/mol. The van der Waals surface area contributed by atoms with Gasteiger partial charge < -0.3 is 9.84 Å². The summed E-state index contributed by atoms with van der Waals surface area (Å²) in [6.07, 6.45) is 2.98. The first-order valence-corrected chi connectivity index (χ1v) is 8.12. The fourth-order valence-corrected chi connectivity index (χ4v) is 2.24. The van der Waals surface area contributed by atoms with Gasteiger partial charge in [-0.3, -0.25) is 0 Å². The van der Waals surface area contributed by atoms with E-state index in [1.165, 1.54) is 23.0 Å². The van der Waals surface area contributed by atoms with Crippen molar-refractivity contribution in [3.05, 3.63) is 71.0 Å². The van der Waals surface area contributed by atoms with Crippen LogP contribution >= 0.6 is 11.6 Å². The maximum absolute atomic E-state index is 11.0. The highest BCUT2D eigenvalue weighted by molar-refractivity contribution is 6.30. The zero-order valence-electron chi connectivity index (χ0n) is 13.9. The predicted octanol–water partition coefficient (Wildman–Crippen LogP) is 4.22. The van der Waals surface area contributed by atoms with Crippen molar-refractivity contribution in [1.82, 2.24) is 14.8 Å². The maximum atomic E-state index is 11.0. The minimum absolute atomic E-state index is 0.131. The molecule has 0 bridgehead atoms. The summed E-state index contributed by atoms with van der Waals surface area (Å²) in [5, 5.41) is 13.8. The van der Waals surface area contributed by atoms with Gasteiger partial charge in [0.25, 0.3) is 0 Å². The molecule has 0 aliphatic rings. The number of halogens is 1. The molecule has 0 unspecified atom stereocenters. The van der Waals surface area contributed by atoms with Crippen LogP contribution in [0.1, 0.15) is 29.8 Å². The van der Waals surface area contributed by atoms with E-state index in [0.29, 0.717) is 23.3 Å². The van der Waals surface area contributed by atoms with Crippen LogP contribution in [0.5, 0.6) is 5.88 Å². The van der Waals surface area contributed by atoms with Crippen molar-refractivity contribution in [2.45, 2.75) is 20.5 Å². The number of hydrogen-bond acceptors (Lipinski definition) is 4. The van der Waals surface area contributed by atoms with Crippen LogP contribution in [-0.4, -0.2) is 25.8 Å². The second kappa shape index (κ2) is 8.84. The zero-order chi connectivity index (χ0) is 18.2. The molecule has 3 aromatic rings. The van der Waals surface area contributed by atoms with E-state index >= 15 is 0 Å². The van der Waals surface area contributed by atoms with E-state index in [4.69, 9.17) is 21.4 Å². The molecule has 1 aromatic carbocycles. The molecule has 25 heavy (non-hydrogen) atoms. The third-order valence-electron chi connectivity index (χ3n) is 3.09. The van der Waals surface area contributed by atoms with Gasteiger partial charge in [-0.05, 0) is 29.8 Å². The number of ether oxygens (including phenoxy) is 1. The van der Waals surface area contributed by atoms with Crippen LogP contribution in [-0.2, 0) is 6.61 Å². The summed E-state index contributed by atoms with van der Waals surface area (Å²) in [7, 11) is 0. The van der Waals surface area contributed by atoms with Crippen LogP contribution in [0.4, 0.5) is 0 Å². The Hall–Kier alpha value is -2.86. The number of pyridine rings is 1. The highest BCUT2D eigenvalue weighted by Crippen LogP contribution is 2.18. The Bertz CT molecular complexity index is 849. The standard InChI is InChI=1S/C16H12ClN3O3.C2H6/c17-13-3-1-2-11(8-13)10-23-15-5-7-19-20(15)14-9-12(16(21)22)4-6-18-14;1-2/h1-9H,10H2,(H,21,22);1-2H3. The Balaban J connectivity index is 0.00000109. The normalized spacial score (nSPS) is 9.88. The molecule has 6 nitrogen and oxygen atoms in total. The summed E-state index contributed by atoms with van der Waals surface area (Å²) in [6.45, 7) is 4.31. The van der Waals surface area contributed by atoms with Gasteiger partial charge in [0.15, 0.2) is 5.82 Å². The van der Waals surface area contributed by atoms with E-state index in [-0.39, 0.29) is 5.56 Å². The summed E-state index contributed by atoms with van der Waals surface area (Å²) in [5.74, 6) is -0.196. The van der Waals surface area contributed by atoms with Crippen molar-refractivity contribution in [3.63, 3.8) is 0 Å². The molecule has 1 N–H and O–H groups in total. The molecule has 0 atom stereocenters. The quantitative estimate of drug-likeness (QED) is 0.737. The molecule has 7 heteroatoms. The molecule has 0 spiro atoms. The first kappa shape index (κ1) is 18.5. The summed E-state index contributed by atoms with van der Waals surface area (Å²) >= 11 is 5.94. The number of hydrogen-bond donors (Lipinski definition) is 1. The Morgan fingerprint density at radius 3 is 2.72 bits per heavy atom. The van der Waals surface area contributed by atoms with Crippen LogP contribution in [0.15, 0.2) is 54.9 Å². The van der Waals surface area contributed by atoms with Gasteiger partial charge in [-0.25, -0.2) is 9.78 Å². The monoisotopic (exact) mass is 359 g/mol. The van der Waals surface area contributed by atoms with Crippen LogP contribution in [0.3, 0.4) is 0 Å². The third-order valence-corrected chi connectivity index (χ3v) is 3.33. The van der Waals surface area contributed by atoms with E-state index in [1.54, 1.807) is 18.3 Å². The molecule has 0 amide bonds. The number of benzene rings is 1. The van der Waals surface area contributed by atoms with Gasteiger partial charge in [0.05, 0.1) is 11.8 Å². The van der Waals surface area contributed by atoms with Gasteiger partial charge in [-0.15, -0.1) is 0 Å². The van der Waals surface area contributed by atoms with Gasteiger partial charge in [0.2, 0.25) is 5.88 Å². The van der Waals surface area contributed by atoms with Crippen molar-refractivity contribution in [2.24, 2.45) is 0 Å². The number of carboxylic acid groups (broad SMARTS) is 1. The summed E-state index contributed by atoms with van der Waals surface area (Å²) in [4.78, 5) is 15.2. The Kier molecular flexibility index (Phi) is 6.54. The molecule has 2 aromatic heterocycles. The lowest BCUT2D eigenvalue weighted by atomic mass is 10.2. The third kappa shape index (κ3) is 4.81. The van der Waals surface area contributed by atoms with Crippen molar-refractivity contribution < 1.29 is 14.6 Å². The molecule has 0 saturated heterocycles. The topological polar surface area (TPSA) is 77.2 Å². The number of rotatable bonds is 5. The Morgan fingerprint density at radius 1 is 1.20 bits per heavy atom. The van der Waals surface area contributed by atoms with Gasteiger partial charge >= 0.3 is 5.97 Å². The van der Waals surface area contributed by atoms with Gasteiger partial charge in [0.1, 0.15) is 6.61 Å². The van der Waals surface area contributed by atoms with Crippen LogP contribution in [0, 0.1) is 0 Å². The van der Waals surface area contributed by atoms with E-state index < -0.39 is 5.97 Å². The van der Waals surface area contributed by atoms with Crippen molar-refractivity contribution >= 4 is 17.6 Å². The van der Waals surface area contributed by atoms with E-state index in [9.17, 15) is 4.79 Å². The first-order chi connectivity index (χ1) is 12.1. The molecule has 0 fully saturated rings. The van der Waals surface area contributed by atoms with E-state index in [1.807, 2.05) is 32.0 Å². The number of nitrogens with zero attached hydrogens (tertiary/aromatic N) is 3. The summed E-state index contributed by atoms with van der Waals surface area (Å²) in [5.41, 5.74) is 1.05. The van der Waals surface area contributed by atoms with E-state index in [2.05, 4.69) is 10.1 Å². The Labute approximate surface area is 150 Å². The minimum Gasteiger partial charge on any atom is -0.478 e. The van der Waals surface area contributed by atoms with Crippen LogP contribution in [0.2, 0.25) is 5.02 Å². The molecule has 130 valence electrons. The van der Waals surface area contributed by atoms with Gasteiger partial charge in [0, 0.05) is 17.3 Å². The second-order valence-electron chi connectivity index (χ2n) is 4.71. The number of carboxylic acids is 1. The van der Waals surface area contributed by atoms with Gasteiger partial charge in [-0.1, -0.05) is 37.6 Å².